The Hall–Kier alpha value is -2.26. The molecule has 0 fully saturated rings. The van der Waals surface area contributed by atoms with Crippen molar-refractivity contribution in [3.63, 3.8) is 0 Å². The molecular weight excluding hydrogens is 385 g/mol. The van der Waals surface area contributed by atoms with E-state index in [0.29, 0.717) is 17.9 Å². The summed E-state index contributed by atoms with van der Waals surface area (Å²) in [6.45, 7) is 6.09. The van der Waals surface area contributed by atoms with Crippen LogP contribution in [-0.2, 0) is 38.2 Å². The topological polar surface area (TPSA) is 81.5 Å². The van der Waals surface area contributed by atoms with Gasteiger partial charge in [-0.25, -0.2) is 17.8 Å². The molecule has 0 spiro atoms. The SMILES string of the molecule is COCCn1c(CN(C(C)=O)C(C)C)cnc1S(=O)(=O)Cc1ccc(F)cc1. The van der Waals surface area contributed by atoms with Crippen LogP contribution in [0.2, 0.25) is 0 Å². The van der Waals surface area contributed by atoms with Crippen LogP contribution in [0.3, 0.4) is 0 Å². The van der Waals surface area contributed by atoms with Crippen molar-refractivity contribution in [1.29, 1.82) is 0 Å². The number of rotatable bonds is 9. The van der Waals surface area contributed by atoms with E-state index < -0.39 is 15.7 Å². The summed E-state index contributed by atoms with van der Waals surface area (Å²) in [6, 6.07) is 5.28. The Balaban J connectivity index is 2.38. The molecule has 1 heterocycles. The summed E-state index contributed by atoms with van der Waals surface area (Å²) in [5, 5.41) is -0.0869. The Morgan fingerprint density at radius 2 is 1.93 bits per heavy atom. The average molecular weight is 411 g/mol. The first-order valence-corrected chi connectivity index (χ1v) is 10.6. The number of aromatic nitrogens is 2. The van der Waals surface area contributed by atoms with Gasteiger partial charge in [0, 0.05) is 26.6 Å². The minimum absolute atomic E-state index is 0.0393. The third-order valence-electron chi connectivity index (χ3n) is 4.33. The Morgan fingerprint density at radius 1 is 1.29 bits per heavy atom. The second-order valence-corrected chi connectivity index (χ2v) is 8.69. The molecule has 2 rings (SSSR count). The van der Waals surface area contributed by atoms with Crippen molar-refractivity contribution in [2.24, 2.45) is 0 Å². The lowest BCUT2D eigenvalue weighted by Gasteiger charge is -2.26. The molecule has 0 unspecified atom stereocenters. The average Bonchev–Trinajstić information content (AvgIpc) is 3.02. The molecule has 0 saturated carbocycles. The molecular formula is C19H26FN3O4S. The van der Waals surface area contributed by atoms with E-state index in [-0.39, 0.29) is 35.9 Å². The number of ether oxygens (including phenoxy) is 1. The number of nitrogens with zero attached hydrogens (tertiary/aromatic N) is 3. The normalized spacial score (nSPS) is 11.8. The van der Waals surface area contributed by atoms with Gasteiger partial charge in [-0.15, -0.1) is 0 Å². The van der Waals surface area contributed by atoms with E-state index >= 15 is 0 Å². The first kappa shape index (κ1) is 22.0. The number of carbonyl (C=O) groups is 1. The van der Waals surface area contributed by atoms with E-state index in [0.717, 1.165) is 0 Å². The molecule has 154 valence electrons. The van der Waals surface area contributed by atoms with Crippen molar-refractivity contribution in [2.75, 3.05) is 13.7 Å². The first-order valence-electron chi connectivity index (χ1n) is 8.93. The van der Waals surface area contributed by atoms with Crippen molar-refractivity contribution in [2.45, 2.75) is 50.8 Å². The van der Waals surface area contributed by atoms with Gasteiger partial charge in [0.15, 0.2) is 0 Å². The molecule has 2 aromatic rings. The van der Waals surface area contributed by atoms with Crippen LogP contribution in [0, 0.1) is 5.82 Å². The van der Waals surface area contributed by atoms with Crippen LogP contribution in [0.15, 0.2) is 35.6 Å². The fraction of sp³-hybridized carbons (Fsp3) is 0.474. The summed E-state index contributed by atoms with van der Waals surface area (Å²) >= 11 is 0. The standard InChI is InChI=1S/C19H26FN3O4S/c1-14(2)23(15(3)24)12-18-11-21-19(22(18)9-10-27-4)28(25,26)13-16-5-7-17(20)8-6-16/h5-8,11,14H,9-10,12-13H2,1-4H3. The van der Waals surface area contributed by atoms with E-state index in [1.54, 1.807) is 9.47 Å². The van der Waals surface area contributed by atoms with Gasteiger partial charge in [-0.3, -0.25) is 4.79 Å². The van der Waals surface area contributed by atoms with Crippen molar-refractivity contribution in [3.05, 3.63) is 47.5 Å². The van der Waals surface area contributed by atoms with E-state index in [2.05, 4.69) is 4.98 Å². The van der Waals surface area contributed by atoms with Crippen LogP contribution in [0.1, 0.15) is 32.0 Å². The molecule has 1 amide bonds. The van der Waals surface area contributed by atoms with Gasteiger partial charge in [0.2, 0.25) is 20.9 Å². The molecule has 9 heteroatoms. The number of imidazole rings is 1. The third kappa shape index (κ3) is 5.39. The number of sulfone groups is 1. The van der Waals surface area contributed by atoms with Gasteiger partial charge in [-0.05, 0) is 31.5 Å². The molecule has 0 aliphatic rings. The van der Waals surface area contributed by atoms with Crippen LogP contribution in [-0.4, -0.2) is 48.5 Å². The monoisotopic (exact) mass is 411 g/mol. The van der Waals surface area contributed by atoms with Crippen molar-refractivity contribution in [3.8, 4) is 0 Å². The molecule has 28 heavy (non-hydrogen) atoms. The smallest absolute Gasteiger partial charge is 0.228 e. The Bertz CT molecular complexity index is 908. The summed E-state index contributed by atoms with van der Waals surface area (Å²) in [4.78, 5) is 17.7. The lowest BCUT2D eigenvalue weighted by molar-refractivity contribution is -0.131. The van der Waals surface area contributed by atoms with E-state index in [9.17, 15) is 17.6 Å². The zero-order chi connectivity index (χ0) is 20.9. The largest absolute Gasteiger partial charge is 0.383 e. The molecule has 0 aliphatic heterocycles. The van der Waals surface area contributed by atoms with Crippen LogP contribution in [0.25, 0.3) is 0 Å². The zero-order valence-electron chi connectivity index (χ0n) is 16.6. The molecule has 0 radical (unpaired) electrons. The van der Waals surface area contributed by atoms with Crippen LogP contribution >= 0.6 is 0 Å². The van der Waals surface area contributed by atoms with Crippen molar-refractivity contribution in [1.82, 2.24) is 14.5 Å². The van der Waals surface area contributed by atoms with Gasteiger partial charge < -0.3 is 14.2 Å². The number of methoxy groups -OCH3 is 1. The highest BCUT2D eigenvalue weighted by atomic mass is 32.2. The molecule has 0 saturated heterocycles. The van der Waals surface area contributed by atoms with Gasteiger partial charge >= 0.3 is 0 Å². The second-order valence-electron chi connectivity index (χ2n) is 6.80. The Labute approximate surface area is 165 Å². The molecule has 0 atom stereocenters. The Kier molecular flexibility index (Phi) is 7.31. The highest BCUT2D eigenvalue weighted by Gasteiger charge is 2.25. The highest BCUT2D eigenvalue weighted by Crippen LogP contribution is 2.20. The number of carbonyl (C=O) groups excluding carboxylic acids is 1. The maximum absolute atomic E-state index is 13.1. The van der Waals surface area contributed by atoms with Crippen LogP contribution in [0.5, 0.6) is 0 Å². The molecule has 0 aliphatic carbocycles. The van der Waals surface area contributed by atoms with E-state index in [1.165, 1.54) is 44.5 Å². The van der Waals surface area contributed by atoms with Gasteiger partial charge in [0.1, 0.15) is 5.82 Å². The maximum atomic E-state index is 13.1. The minimum Gasteiger partial charge on any atom is -0.383 e. The second kappa shape index (κ2) is 9.29. The lowest BCUT2D eigenvalue weighted by atomic mass is 10.2. The summed E-state index contributed by atoms with van der Waals surface area (Å²) < 4.78 is 45.6. The highest BCUT2D eigenvalue weighted by molar-refractivity contribution is 7.90. The quantitative estimate of drug-likeness (QED) is 0.633. The minimum atomic E-state index is -3.77. The van der Waals surface area contributed by atoms with Gasteiger partial charge in [0.05, 0.1) is 30.8 Å². The number of amides is 1. The fourth-order valence-corrected chi connectivity index (χ4v) is 4.40. The number of benzene rings is 1. The third-order valence-corrected chi connectivity index (χ3v) is 5.92. The van der Waals surface area contributed by atoms with Crippen LogP contribution in [0.4, 0.5) is 4.39 Å². The number of hydrogen-bond donors (Lipinski definition) is 0. The maximum Gasteiger partial charge on any atom is 0.228 e. The molecule has 1 aromatic carbocycles. The number of halogens is 1. The first-order chi connectivity index (χ1) is 13.2. The van der Waals surface area contributed by atoms with Gasteiger partial charge in [-0.1, -0.05) is 12.1 Å². The number of hydrogen-bond acceptors (Lipinski definition) is 5. The van der Waals surface area contributed by atoms with Crippen LogP contribution < -0.4 is 0 Å². The summed E-state index contributed by atoms with van der Waals surface area (Å²) in [5.41, 5.74) is 1.08. The van der Waals surface area contributed by atoms with Crippen molar-refractivity contribution >= 4 is 15.7 Å². The molecule has 0 bridgehead atoms. The van der Waals surface area contributed by atoms with E-state index in [4.69, 9.17) is 4.74 Å². The Morgan fingerprint density at radius 3 is 2.46 bits per heavy atom. The lowest BCUT2D eigenvalue weighted by Crippen LogP contribution is -2.35. The summed E-state index contributed by atoms with van der Waals surface area (Å²) in [5.74, 6) is -0.828. The molecule has 0 N–H and O–H groups in total. The summed E-state index contributed by atoms with van der Waals surface area (Å²) in [7, 11) is -2.25. The predicted octanol–water partition coefficient (Wildman–Crippen LogP) is 2.40. The van der Waals surface area contributed by atoms with Gasteiger partial charge in [0.25, 0.3) is 0 Å². The molecule has 1 aromatic heterocycles. The van der Waals surface area contributed by atoms with E-state index in [1.807, 2.05) is 13.8 Å². The van der Waals surface area contributed by atoms with Gasteiger partial charge in [-0.2, -0.15) is 0 Å². The summed E-state index contributed by atoms with van der Waals surface area (Å²) in [6.07, 6.45) is 1.48. The molecule has 7 nitrogen and oxygen atoms in total. The predicted molar refractivity (Wildman–Crippen MR) is 103 cm³/mol. The fourth-order valence-electron chi connectivity index (χ4n) is 2.88. The van der Waals surface area contributed by atoms with Crippen molar-refractivity contribution < 1.29 is 22.3 Å². The zero-order valence-corrected chi connectivity index (χ0v) is 17.4.